The van der Waals surface area contributed by atoms with Crippen molar-refractivity contribution < 1.29 is 14.3 Å². The first-order valence-electron chi connectivity index (χ1n) is 9.66. The summed E-state index contributed by atoms with van der Waals surface area (Å²) in [5, 5.41) is 5.85. The maximum Gasteiger partial charge on any atom is 0.407 e. The molecule has 150 valence electrons. The lowest BCUT2D eigenvalue weighted by atomic mass is 10.1. The predicted octanol–water partition coefficient (Wildman–Crippen LogP) is 2.85. The number of rotatable bonds is 6. The number of ether oxygens (including phenoxy) is 1. The molecule has 2 amide bonds. The number of amides is 2. The normalized spacial score (nSPS) is 20.3. The number of nitrogens with zero attached hydrogens (tertiary/aromatic N) is 1. The Balaban J connectivity index is 1.73. The van der Waals surface area contributed by atoms with E-state index in [0.29, 0.717) is 31.6 Å². The van der Waals surface area contributed by atoms with Crippen molar-refractivity contribution in [2.24, 2.45) is 5.92 Å². The van der Waals surface area contributed by atoms with Crippen molar-refractivity contribution in [3.05, 3.63) is 35.4 Å². The monoisotopic (exact) mass is 375 g/mol. The molecule has 6 heteroatoms. The van der Waals surface area contributed by atoms with Crippen molar-refractivity contribution >= 4 is 12.0 Å². The number of carbonyl (C=O) groups excluding carboxylic acids is 2. The van der Waals surface area contributed by atoms with Crippen molar-refractivity contribution in [1.82, 2.24) is 15.5 Å². The van der Waals surface area contributed by atoms with Gasteiger partial charge in [-0.2, -0.15) is 0 Å². The lowest BCUT2D eigenvalue weighted by Gasteiger charge is -2.21. The minimum absolute atomic E-state index is 0.0332. The fourth-order valence-electron chi connectivity index (χ4n) is 3.37. The second-order valence-electron chi connectivity index (χ2n) is 8.47. The van der Waals surface area contributed by atoms with Crippen molar-refractivity contribution in [2.75, 3.05) is 19.6 Å². The van der Waals surface area contributed by atoms with E-state index in [2.05, 4.69) is 22.5 Å². The standard InChI is InChI=1S/C21H33N3O3/c1-15-8-6-7-9-18(15)12-22-19(25)14-24-13-17(10-16(24)2)11-23-20(26)27-21(3,4)5/h6-9,16-17H,10-14H2,1-5H3,(H,22,25)(H,23,26)/t16-,17-/m1/s1. The van der Waals surface area contributed by atoms with Gasteiger partial charge in [-0.05, 0) is 58.1 Å². The molecule has 0 aliphatic carbocycles. The third kappa shape index (κ3) is 7.21. The Hall–Kier alpha value is -2.08. The van der Waals surface area contributed by atoms with Crippen molar-refractivity contribution in [2.45, 2.75) is 59.2 Å². The van der Waals surface area contributed by atoms with Gasteiger partial charge in [-0.25, -0.2) is 4.79 Å². The van der Waals surface area contributed by atoms with E-state index in [9.17, 15) is 9.59 Å². The Morgan fingerprint density at radius 1 is 1.22 bits per heavy atom. The van der Waals surface area contributed by atoms with Crippen LogP contribution in [0.1, 0.15) is 45.2 Å². The second kappa shape index (κ2) is 9.22. The Kier molecular flexibility index (Phi) is 7.25. The van der Waals surface area contributed by atoms with Crippen molar-refractivity contribution in [3.8, 4) is 0 Å². The van der Waals surface area contributed by atoms with Crippen LogP contribution in [-0.2, 0) is 16.1 Å². The molecule has 0 radical (unpaired) electrons. The molecule has 1 aromatic rings. The number of aryl methyl sites for hydroxylation is 1. The molecular formula is C21H33N3O3. The van der Waals surface area contributed by atoms with Gasteiger partial charge in [-0.1, -0.05) is 24.3 Å². The maximum absolute atomic E-state index is 12.3. The fourth-order valence-corrected chi connectivity index (χ4v) is 3.37. The highest BCUT2D eigenvalue weighted by atomic mass is 16.6. The Bertz CT molecular complexity index is 654. The number of carbonyl (C=O) groups is 2. The number of hydrogen-bond acceptors (Lipinski definition) is 4. The molecule has 1 heterocycles. The Morgan fingerprint density at radius 3 is 2.59 bits per heavy atom. The summed E-state index contributed by atoms with van der Waals surface area (Å²) in [5.74, 6) is 0.363. The van der Waals surface area contributed by atoms with Gasteiger partial charge in [0.05, 0.1) is 6.54 Å². The van der Waals surface area contributed by atoms with E-state index in [1.807, 2.05) is 52.0 Å². The average Bonchev–Trinajstić information content (AvgIpc) is 2.90. The summed E-state index contributed by atoms with van der Waals surface area (Å²) < 4.78 is 5.27. The van der Waals surface area contributed by atoms with Gasteiger partial charge >= 0.3 is 6.09 Å². The summed E-state index contributed by atoms with van der Waals surface area (Å²) in [5.41, 5.74) is 1.83. The van der Waals surface area contributed by atoms with Crippen molar-refractivity contribution in [3.63, 3.8) is 0 Å². The Morgan fingerprint density at radius 2 is 1.93 bits per heavy atom. The zero-order valence-corrected chi connectivity index (χ0v) is 17.2. The SMILES string of the molecule is Cc1ccccc1CNC(=O)CN1C[C@@H](CNC(=O)OC(C)(C)C)C[C@H]1C. The molecule has 2 rings (SSSR count). The maximum atomic E-state index is 12.3. The number of alkyl carbamates (subject to hydrolysis) is 1. The molecule has 1 fully saturated rings. The van der Waals surface area contributed by atoms with Gasteiger partial charge in [-0.3, -0.25) is 9.69 Å². The van der Waals surface area contributed by atoms with Crippen LogP contribution >= 0.6 is 0 Å². The summed E-state index contributed by atoms with van der Waals surface area (Å²) in [7, 11) is 0. The van der Waals surface area contributed by atoms with Crippen LogP contribution in [0, 0.1) is 12.8 Å². The predicted molar refractivity (Wildman–Crippen MR) is 106 cm³/mol. The van der Waals surface area contributed by atoms with Crippen LogP contribution in [-0.4, -0.2) is 48.2 Å². The summed E-state index contributed by atoms with van der Waals surface area (Å²) in [4.78, 5) is 26.3. The molecule has 2 atom stereocenters. The van der Waals surface area contributed by atoms with Gasteiger partial charge in [0.15, 0.2) is 0 Å². The van der Waals surface area contributed by atoms with E-state index in [4.69, 9.17) is 4.74 Å². The van der Waals surface area contributed by atoms with E-state index < -0.39 is 5.60 Å². The quantitative estimate of drug-likeness (QED) is 0.802. The van der Waals surface area contributed by atoms with Gasteiger partial charge in [0, 0.05) is 25.7 Å². The van der Waals surface area contributed by atoms with Crippen molar-refractivity contribution in [1.29, 1.82) is 0 Å². The third-order valence-electron chi connectivity index (χ3n) is 4.81. The van der Waals surface area contributed by atoms with Gasteiger partial charge in [0.2, 0.25) is 5.91 Å². The van der Waals surface area contributed by atoms with Crippen LogP contribution in [0.15, 0.2) is 24.3 Å². The van der Waals surface area contributed by atoms with E-state index in [1.54, 1.807) is 0 Å². The molecule has 27 heavy (non-hydrogen) atoms. The molecular weight excluding hydrogens is 342 g/mol. The van der Waals surface area contributed by atoms with Gasteiger partial charge in [0.1, 0.15) is 5.60 Å². The van der Waals surface area contributed by atoms with Gasteiger partial charge in [-0.15, -0.1) is 0 Å². The summed E-state index contributed by atoms with van der Waals surface area (Å²) in [6.45, 7) is 12.0. The molecule has 2 N–H and O–H groups in total. The molecule has 0 aromatic heterocycles. The summed E-state index contributed by atoms with van der Waals surface area (Å²) in [6, 6.07) is 8.38. The van der Waals surface area contributed by atoms with Gasteiger partial charge < -0.3 is 15.4 Å². The lowest BCUT2D eigenvalue weighted by Crippen LogP contribution is -2.39. The fraction of sp³-hybridized carbons (Fsp3) is 0.619. The van der Waals surface area contributed by atoms with E-state index in [0.717, 1.165) is 18.5 Å². The average molecular weight is 376 g/mol. The van der Waals surface area contributed by atoms with Crippen LogP contribution < -0.4 is 10.6 Å². The molecule has 1 saturated heterocycles. The highest BCUT2D eigenvalue weighted by molar-refractivity contribution is 5.78. The molecule has 0 unspecified atom stereocenters. The molecule has 1 aliphatic rings. The van der Waals surface area contributed by atoms with Crippen LogP contribution in [0.25, 0.3) is 0 Å². The molecule has 0 bridgehead atoms. The second-order valence-corrected chi connectivity index (χ2v) is 8.47. The molecule has 1 aromatic carbocycles. The molecule has 1 aliphatic heterocycles. The highest BCUT2D eigenvalue weighted by Gasteiger charge is 2.30. The topological polar surface area (TPSA) is 70.7 Å². The zero-order valence-electron chi connectivity index (χ0n) is 17.2. The number of benzene rings is 1. The third-order valence-corrected chi connectivity index (χ3v) is 4.81. The van der Waals surface area contributed by atoms with Crippen LogP contribution in [0.3, 0.4) is 0 Å². The number of nitrogens with one attached hydrogen (secondary N) is 2. The smallest absolute Gasteiger partial charge is 0.407 e. The first-order chi connectivity index (χ1) is 12.6. The van der Waals surface area contributed by atoms with Crippen LogP contribution in [0.2, 0.25) is 0 Å². The summed E-state index contributed by atoms with van der Waals surface area (Å²) in [6.07, 6.45) is 0.575. The lowest BCUT2D eigenvalue weighted by molar-refractivity contribution is -0.122. The Labute approximate surface area is 162 Å². The van der Waals surface area contributed by atoms with Crippen LogP contribution in [0.4, 0.5) is 4.79 Å². The van der Waals surface area contributed by atoms with E-state index in [1.165, 1.54) is 5.56 Å². The molecule has 0 spiro atoms. The number of likely N-dealkylation sites (tertiary alicyclic amines) is 1. The molecule has 0 saturated carbocycles. The van der Waals surface area contributed by atoms with Gasteiger partial charge in [0.25, 0.3) is 0 Å². The summed E-state index contributed by atoms with van der Waals surface area (Å²) >= 11 is 0. The van der Waals surface area contributed by atoms with Crippen LogP contribution in [0.5, 0.6) is 0 Å². The zero-order chi connectivity index (χ0) is 20.0. The minimum Gasteiger partial charge on any atom is -0.444 e. The number of hydrogen-bond donors (Lipinski definition) is 2. The largest absolute Gasteiger partial charge is 0.444 e. The highest BCUT2D eigenvalue weighted by Crippen LogP contribution is 2.22. The van der Waals surface area contributed by atoms with E-state index >= 15 is 0 Å². The first-order valence-corrected chi connectivity index (χ1v) is 9.66. The first kappa shape index (κ1) is 21.2. The van der Waals surface area contributed by atoms with E-state index in [-0.39, 0.29) is 12.0 Å². The molecule has 6 nitrogen and oxygen atoms in total. The minimum atomic E-state index is -0.492.